The number of nitrogens with zero attached hydrogens (tertiary/aromatic N) is 3. The molecule has 0 bridgehead atoms. The molecule has 0 aliphatic carbocycles. The summed E-state index contributed by atoms with van der Waals surface area (Å²) in [4.78, 5) is 4.96. The van der Waals surface area contributed by atoms with Gasteiger partial charge in [0.05, 0.1) is 11.4 Å². The smallest absolute Gasteiger partial charge is 0.166 e. The van der Waals surface area contributed by atoms with Gasteiger partial charge in [0.25, 0.3) is 0 Å². The Kier molecular flexibility index (Phi) is 4.82. The van der Waals surface area contributed by atoms with Crippen molar-refractivity contribution in [2.45, 2.75) is 20.3 Å². The van der Waals surface area contributed by atoms with E-state index in [1.807, 2.05) is 53.9 Å². The summed E-state index contributed by atoms with van der Waals surface area (Å²) in [6, 6.07) is 20.1. The molecule has 4 aromatic rings. The standard InChI is InChI=1S/C22H21ClN4/c1-3-13-24-20-14-19(16-7-5-4-6-8-16)25-22-21(15(2)26-27(20)22)17-9-11-18(23)12-10-17/h4-12,14,24H,3,13H2,1-2H3. The molecule has 0 aliphatic rings. The highest BCUT2D eigenvalue weighted by molar-refractivity contribution is 6.30. The Morgan fingerprint density at radius 3 is 2.44 bits per heavy atom. The number of aryl methyl sites for hydroxylation is 1. The van der Waals surface area contributed by atoms with Crippen molar-refractivity contribution in [3.05, 3.63) is 71.4 Å². The fourth-order valence-electron chi connectivity index (χ4n) is 3.21. The maximum absolute atomic E-state index is 6.07. The summed E-state index contributed by atoms with van der Waals surface area (Å²) < 4.78 is 1.90. The van der Waals surface area contributed by atoms with Crippen molar-refractivity contribution in [2.24, 2.45) is 0 Å². The first-order valence-corrected chi connectivity index (χ1v) is 9.51. The van der Waals surface area contributed by atoms with Crippen LogP contribution in [0.2, 0.25) is 5.02 Å². The first-order valence-electron chi connectivity index (χ1n) is 9.13. The van der Waals surface area contributed by atoms with E-state index in [0.717, 1.165) is 57.5 Å². The van der Waals surface area contributed by atoms with Crippen LogP contribution in [-0.4, -0.2) is 21.1 Å². The molecule has 2 aromatic carbocycles. The highest BCUT2D eigenvalue weighted by Gasteiger charge is 2.17. The lowest BCUT2D eigenvalue weighted by atomic mass is 10.1. The molecule has 27 heavy (non-hydrogen) atoms. The molecule has 0 radical (unpaired) electrons. The molecule has 2 heterocycles. The number of rotatable bonds is 5. The van der Waals surface area contributed by atoms with Crippen molar-refractivity contribution in [2.75, 3.05) is 11.9 Å². The second-order valence-electron chi connectivity index (χ2n) is 6.52. The van der Waals surface area contributed by atoms with E-state index >= 15 is 0 Å². The second kappa shape index (κ2) is 7.41. The van der Waals surface area contributed by atoms with E-state index in [4.69, 9.17) is 21.7 Å². The molecule has 0 amide bonds. The largest absolute Gasteiger partial charge is 0.370 e. The first-order chi connectivity index (χ1) is 13.2. The van der Waals surface area contributed by atoms with Crippen LogP contribution in [-0.2, 0) is 0 Å². The number of aromatic nitrogens is 3. The Balaban J connectivity index is 1.96. The maximum Gasteiger partial charge on any atom is 0.166 e. The van der Waals surface area contributed by atoms with Gasteiger partial charge in [-0.1, -0.05) is 61.0 Å². The van der Waals surface area contributed by atoms with Crippen LogP contribution >= 0.6 is 11.6 Å². The van der Waals surface area contributed by atoms with Crippen LogP contribution in [0.15, 0.2) is 60.7 Å². The zero-order valence-electron chi connectivity index (χ0n) is 15.4. The van der Waals surface area contributed by atoms with Gasteiger partial charge in [0.2, 0.25) is 0 Å². The summed E-state index contributed by atoms with van der Waals surface area (Å²) in [7, 11) is 0. The number of benzene rings is 2. The van der Waals surface area contributed by atoms with Crippen LogP contribution in [0.3, 0.4) is 0 Å². The van der Waals surface area contributed by atoms with Gasteiger partial charge in [0, 0.05) is 28.8 Å². The fourth-order valence-corrected chi connectivity index (χ4v) is 3.34. The molecule has 136 valence electrons. The molecule has 0 saturated heterocycles. The highest BCUT2D eigenvalue weighted by Crippen LogP contribution is 2.32. The van der Waals surface area contributed by atoms with Crippen molar-refractivity contribution in [3.8, 4) is 22.4 Å². The van der Waals surface area contributed by atoms with E-state index in [2.05, 4.69) is 30.4 Å². The van der Waals surface area contributed by atoms with Crippen molar-refractivity contribution in [1.29, 1.82) is 0 Å². The molecule has 5 heteroatoms. The average Bonchev–Trinajstić information content (AvgIpc) is 3.03. The van der Waals surface area contributed by atoms with E-state index in [1.165, 1.54) is 0 Å². The number of hydrogen-bond donors (Lipinski definition) is 1. The predicted molar refractivity (Wildman–Crippen MR) is 112 cm³/mol. The van der Waals surface area contributed by atoms with Gasteiger partial charge in [-0.2, -0.15) is 9.61 Å². The Bertz CT molecular complexity index is 1070. The van der Waals surface area contributed by atoms with Gasteiger partial charge in [-0.15, -0.1) is 0 Å². The normalized spacial score (nSPS) is 11.1. The van der Waals surface area contributed by atoms with Gasteiger partial charge in [-0.3, -0.25) is 0 Å². The monoisotopic (exact) mass is 376 g/mol. The zero-order chi connectivity index (χ0) is 18.8. The van der Waals surface area contributed by atoms with Gasteiger partial charge >= 0.3 is 0 Å². The van der Waals surface area contributed by atoms with Gasteiger partial charge in [-0.05, 0) is 31.0 Å². The minimum atomic E-state index is 0.719. The molecule has 0 aliphatic heterocycles. The van der Waals surface area contributed by atoms with Crippen molar-refractivity contribution < 1.29 is 0 Å². The molecule has 0 unspecified atom stereocenters. The lowest BCUT2D eigenvalue weighted by molar-refractivity contribution is 0.891. The number of hydrogen-bond acceptors (Lipinski definition) is 3. The number of nitrogens with one attached hydrogen (secondary N) is 1. The SMILES string of the molecule is CCCNc1cc(-c2ccccc2)nc2c(-c3ccc(Cl)cc3)c(C)nn12. The van der Waals surface area contributed by atoms with Crippen molar-refractivity contribution in [3.63, 3.8) is 0 Å². The summed E-state index contributed by atoms with van der Waals surface area (Å²) in [5.74, 6) is 0.948. The Morgan fingerprint density at radius 1 is 1.00 bits per heavy atom. The van der Waals surface area contributed by atoms with Crippen molar-refractivity contribution >= 4 is 23.1 Å². The van der Waals surface area contributed by atoms with Crippen LogP contribution in [0.25, 0.3) is 28.0 Å². The Hall–Kier alpha value is -2.85. The Labute approximate surface area is 163 Å². The van der Waals surface area contributed by atoms with E-state index in [-0.39, 0.29) is 0 Å². The molecule has 1 N–H and O–H groups in total. The number of anilines is 1. The minimum Gasteiger partial charge on any atom is -0.370 e. The van der Waals surface area contributed by atoms with Crippen LogP contribution in [0.1, 0.15) is 19.0 Å². The van der Waals surface area contributed by atoms with Gasteiger partial charge in [-0.25, -0.2) is 4.98 Å². The van der Waals surface area contributed by atoms with E-state index in [9.17, 15) is 0 Å². The predicted octanol–water partition coefficient (Wildman–Crippen LogP) is 5.85. The summed E-state index contributed by atoms with van der Waals surface area (Å²) >= 11 is 6.07. The molecule has 0 atom stereocenters. The molecular formula is C22H21ClN4. The van der Waals surface area contributed by atoms with Crippen LogP contribution in [0.4, 0.5) is 5.82 Å². The van der Waals surface area contributed by atoms with Crippen molar-refractivity contribution in [1.82, 2.24) is 14.6 Å². The first kappa shape index (κ1) is 17.6. The summed E-state index contributed by atoms with van der Waals surface area (Å²) in [5.41, 5.74) is 5.89. The molecule has 0 spiro atoms. The zero-order valence-corrected chi connectivity index (χ0v) is 16.2. The molecular weight excluding hydrogens is 356 g/mol. The van der Waals surface area contributed by atoms with Crippen LogP contribution in [0.5, 0.6) is 0 Å². The topological polar surface area (TPSA) is 42.2 Å². The van der Waals surface area contributed by atoms with E-state index in [1.54, 1.807) is 0 Å². The van der Waals surface area contributed by atoms with Gasteiger partial charge in [0.15, 0.2) is 5.65 Å². The Morgan fingerprint density at radius 2 is 1.74 bits per heavy atom. The van der Waals surface area contributed by atoms with Gasteiger partial charge < -0.3 is 5.32 Å². The second-order valence-corrected chi connectivity index (χ2v) is 6.96. The summed E-state index contributed by atoms with van der Waals surface area (Å²) in [5, 5.41) is 8.96. The third kappa shape index (κ3) is 3.40. The van der Waals surface area contributed by atoms with E-state index in [0.29, 0.717) is 0 Å². The quantitative estimate of drug-likeness (QED) is 0.475. The molecule has 2 aromatic heterocycles. The fraction of sp³-hybridized carbons (Fsp3) is 0.182. The highest BCUT2D eigenvalue weighted by atomic mass is 35.5. The summed E-state index contributed by atoms with van der Waals surface area (Å²) in [6.45, 7) is 5.05. The van der Waals surface area contributed by atoms with E-state index < -0.39 is 0 Å². The van der Waals surface area contributed by atoms with Gasteiger partial charge in [0.1, 0.15) is 5.82 Å². The third-order valence-electron chi connectivity index (χ3n) is 4.52. The lowest BCUT2D eigenvalue weighted by Gasteiger charge is -2.10. The average molecular weight is 377 g/mol. The lowest BCUT2D eigenvalue weighted by Crippen LogP contribution is -2.07. The number of fused-ring (bicyclic) bond motifs is 1. The third-order valence-corrected chi connectivity index (χ3v) is 4.77. The maximum atomic E-state index is 6.07. The molecule has 0 fully saturated rings. The molecule has 4 nitrogen and oxygen atoms in total. The molecule has 0 saturated carbocycles. The molecule has 4 rings (SSSR count). The summed E-state index contributed by atoms with van der Waals surface area (Å²) in [6.07, 6.45) is 1.04. The van der Waals surface area contributed by atoms with Crippen LogP contribution < -0.4 is 5.32 Å². The minimum absolute atomic E-state index is 0.719. The number of halogens is 1. The van der Waals surface area contributed by atoms with Crippen LogP contribution in [0, 0.1) is 6.92 Å².